The molecule has 0 unspecified atom stereocenters. The fraction of sp³-hybridized carbons (Fsp3) is 0.111. The van der Waals surface area contributed by atoms with Gasteiger partial charge in [0.15, 0.2) is 5.13 Å². The molecule has 0 saturated carbocycles. The van der Waals surface area contributed by atoms with Crippen molar-refractivity contribution < 1.29 is 9.72 Å². The van der Waals surface area contributed by atoms with Crippen molar-refractivity contribution in [2.75, 3.05) is 5.32 Å². The van der Waals surface area contributed by atoms with Gasteiger partial charge in [-0.1, -0.05) is 35.6 Å². The van der Waals surface area contributed by atoms with Crippen molar-refractivity contribution in [1.82, 2.24) is 4.98 Å². The second-order valence-electron chi connectivity index (χ2n) is 5.57. The molecule has 1 aromatic heterocycles. The number of hydrogen-bond acceptors (Lipinski definition) is 5. The standard InChI is InChI=1S/C18H15N3O3S/c1-11-6-7-12(2)17-16(11)20-18(25-17)19-15(22)9-8-13-4-3-5-14(10-13)21(23)24/h3-10H,1-2H3,(H,19,20,22)/b9-8+. The third-order valence-corrected chi connectivity index (χ3v) is 4.79. The van der Waals surface area contributed by atoms with Crippen LogP contribution >= 0.6 is 11.3 Å². The van der Waals surface area contributed by atoms with Crippen LogP contribution in [0.2, 0.25) is 0 Å². The summed E-state index contributed by atoms with van der Waals surface area (Å²) < 4.78 is 1.05. The molecule has 0 saturated heterocycles. The van der Waals surface area contributed by atoms with E-state index in [1.54, 1.807) is 12.1 Å². The number of carbonyl (C=O) groups excluding carboxylic acids is 1. The van der Waals surface area contributed by atoms with E-state index in [4.69, 9.17) is 0 Å². The lowest BCUT2D eigenvalue weighted by Crippen LogP contribution is -2.07. The third-order valence-electron chi connectivity index (χ3n) is 3.68. The number of hydrogen-bond donors (Lipinski definition) is 1. The number of non-ortho nitro benzene ring substituents is 1. The zero-order valence-electron chi connectivity index (χ0n) is 13.6. The maximum absolute atomic E-state index is 12.1. The van der Waals surface area contributed by atoms with Gasteiger partial charge in [0, 0.05) is 18.2 Å². The van der Waals surface area contributed by atoms with Gasteiger partial charge in [-0.15, -0.1) is 0 Å². The molecule has 0 bridgehead atoms. The highest BCUT2D eigenvalue weighted by Crippen LogP contribution is 2.30. The summed E-state index contributed by atoms with van der Waals surface area (Å²) in [5.74, 6) is -0.333. The number of aromatic nitrogens is 1. The average molecular weight is 353 g/mol. The van der Waals surface area contributed by atoms with Crippen molar-refractivity contribution in [3.63, 3.8) is 0 Å². The summed E-state index contributed by atoms with van der Waals surface area (Å²) in [5.41, 5.74) is 3.64. The number of thiazole rings is 1. The van der Waals surface area contributed by atoms with Crippen molar-refractivity contribution in [3.05, 3.63) is 69.3 Å². The van der Waals surface area contributed by atoms with Gasteiger partial charge in [0.1, 0.15) is 0 Å². The summed E-state index contributed by atoms with van der Waals surface area (Å²) in [7, 11) is 0. The smallest absolute Gasteiger partial charge is 0.270 e. The molecule has 3 rings (SSSR count). The van der Waals surface area contributed by atoms with E-state index in [9.17, 15) is 14.9 Å². The zero-order valence-corrected chi connectivity index (χ0v) is 14.5. The van der Waals surface area contributed by atoms with Gasteiger partial charge in [0.2, 0.25) is 5.91 Å². The van der Waals surface area contributed by atoms with E-state index in [0.29, 0.717) is 10.7 Å². The Morgan fingerprint density at radius 3 is 2.72 bits per heavy atom. The summed E-state index contributed by atoms with van der Waals surface area (Å²) >= 11 is 1.43. The number of fused-ring (bicyclic) bond motifs is 1. The highest BCUT2D eigenvalue weighted by molar-refractivity contribution is 7.22. The zero-order chi connectivity index (χ0) is 18.0. The van der Waals surface area contributed by atoms with E-state index in [2.05, 4.69) is 10.3 Å². The lowest BCUT2D eigenvalue weighted by molar-refractivity contribution is -0.384. The van der Waals surface area contributed by atoms with Crippen molar-refractivity contribution in [2.45, 2.75) is 13.8 Å². The van der Waals surface area contributed by atoms with Crippen LogP contribution in [0.1, 0.15) is 16.7 Å². The van der Waals surface area contributed by atoms with Crippen LogP contribution in [0.25, 0.3) is 16.3 Å². The molecule has 126 valence electrons. The van der Waals surface area contributed by atoms with Gasteiger partial charge >= 0.3 is 0 Å². The predicted octanol–water partition coefficient (Wildman–Crippen LogP) is 4.47. The highest BCUT2D eigenvalue weighted by Gasteiger charge is 2.10. The number of aryl methyl sites for hydroxylation is 2. The van der Waals surface area contributed by atoms with Crippen molar-refractivity contribution in [2.24, 2.45) is 0 Å². The molecule has 0 radical (unpaired) electrons. The Balaban J connectivity index is 1.76. The topological polar surface area (TPSA) is 85.1 Å². The molecule has 3 aromatic rings. The Hall–Kier alpha value is -3.06. The van der Waals surface area contributed by atoms with Crippen LogP contribution in [0.5, 0.6) is 0 Å². The molecule has 1 amide bonds. The summed E-state index contributed by atoms with van der Waals surface area (Å²) in [4.78, 5) is 26.9. The lowest BCUT2D eigenvalue weighted by Gasteiger charge is -1.96. The number of rotatable bonds is 4. The Bertz CT molecular complexity index is 969. The predicted molar refractivity (Wildman–Crippen MR) is 99.9 cm³/mol. The van der Waals surface area contributed by atoms with Crippen LogP contribution in [0, 0.1) is 24.0 Å². The van der Waals surface area contributed by atoms with Crippen LogP contribution in [-0.4, -0.2) is 15.8 Å². The van der Waals surface area contributed by atoms with Gasteiger partial charge in [-0.3, -0.25) is 20.2 Å². The van der Waals surface area contributed by atoms with E-state index >= 15 is 0 Å². The molecule has 0 atom stereocenters. The van der Waals surface area contributed by atoms with E-state index < -0.39 is 4.92 Å². The van der Waals surface area contributed by atoms with Crippen LogP contribution < -0.4 is 5.32 Å². The van der Waals surface area contributed by atoms with Crippen LogP contribution in [0.3, 0.4) is 0 Å². The first-order valence-electron chi connectivity index (χ1n) is 7.54. The van der Waals surface area contributed by atoms with Gasteiger partial charge < -0.3 is 0 Å². The summed E-state index contributed by atoms with van der Waals surface area (Å²) in [6.07, 6.45) is 2.87. The summed E-state index contributed by atoms with van der Waals surface area (Å²) in [6, 6.07) is 10.1. The minimum atomic E-state index is -0.469. The molecule has 0 aliphatic rings. The van der Waals surface area contributed by atoms with E-state index in [1.165, 1.54) is 35.6 Å². The molecule has 6 nitrogen and oxygen atoms in total. The molecule has 1 N–H and O–H groups in total. The lowest BCUT2D eigenvalue weighted by atomic mass is 10.1. The first-order chi connectivity index (χ1) is 11.9. The fourth-order valence-electron chi connectivity index (χ4n) is 2.37. The maximum atomic E-state index is 12.1. The largest absolute Gasteiger partial charge is 0.298 e. The molecule has 0 aliphatic carbocycles. The van der Waals surface area contributed by atoms with E-state index in [1.807, 2.05) is 26.0 Å². The first-order valence-corrected chi connectivity index (χ1v) is 8.36. The van der Waals surface area contributed by atoms with Gasteiger partial charge in [-0.25, -0.2) is 4.98 Å². The molecular weight excluding hydrogens is 338 g/mol. The SMILES string of the molecule is Cc1ccc(C)c2sc(NC(=O)/C=C/c3cccc([N+](=O)[O-])c3)nc12. The number of nitro benzene ring substituents is 1. The van der Waals surface area contributed by atoms with Crippen LogP contribution in [-0.2, 0) is 4.79 Å². The highest BCUT2D eigenvalue weighted by atomic mass is 32.1. The molecule has 25 heavy (non-hydrogen) atoms. The summed E-state index contributed by atoms with van der Waals surface area (Å²) in [6.45, 7) is 3.99. The Morgan fingerprint density at radius 1 is 1.24 bits per heavy atom. The molecule has 0 aliphatic heterocycles. The van der Waals surface area contributed by atoms with Gasteiger partial charge in [-0.05, 0) is 36.6 Å². The van der Waals surface area contributed by atoms with E-state index in [0.717, 1.165) is 21.3 Å². The second kappa shape index (κ2) is 6.82. The Kier molecular flexibility index (Phi) is 4.58. The normalized spacial score (nSPS) is 11.1. The average Bonchev–Trinajstić information content (AvgIpc) is 3.01. The number of anilines is 1. The van der Waals surface area contributed by atoms with Crippen molar-refractivity contribution in [1.29, 1.82) is 0 Å². The van der Waals surface area contributed by atoms with Crippen molar-refractivity contribution in [3.8, 4) is 0 Å². The van der Waals surface area contributed by atoms with E-state index in [-0.39, 0.29) is 11.6 Å². The number of amides is 1. The molecule has 0 fully saturated rings. The third kappa shape index (κ3) is 3.72. The van der Waals surface area contributed by atoms with Gasteiger partial charge in [0.05, 0.1) is 15.1 Å². The minimum absolute atomic E-state index is 0.0142. The van der Waals surface area contributed by atoms with Crippen LogP contribution in [0.15, 0.2) is 42.5 Å². The Labute approximate surface area is 148 Å². The number of nitrogens with zero attached hydrogens (tertiary/aromatic N) is 2. The molecule has 1 heterocycles. The molecule has 7 heteroatoms. The quantitative estimate of drug-likeness (QED) is 0.426. The maximum Gasteiger partial charge on any atom is 0.270 e. The number of benzene rings is 2. The van der Waals surface area contributed by atoms with Crippen molar-refractivity contribution >= 4 is 44.4 Å². The van der Waals surface area contributed by atoms with Gasteiger partial charge in [-0.2, -0.15) is 0 Å². The molecular formula is C18H15N3O3S. The number of nitro groups is 1. The monoisotopic (exact) mass is 353 g/mol. The van der Waals surface area contributed by atoms with Gasteiger partial charge in [0.25, 0.3) is 5.69 Å². The molecule has 0 spiro atoms. The molecule has 2 aromatic carbocycles. The number of carbonyl (C=O) groups is 1. The summed E-state index contributed by atoms with van der Waals surface area (Å²) in [5, 5.41) is 14.0. The Morgan fingerprint density at radius 2 is 2.00 bits per heavy atom. The number of nitrogens with one attached hydrogen (secondary N) is 1. The first kappa shape index (κ1) is 16.8. The van der Waals surface area contributed by atoms with Crippen LogP contribution in [0.4, 0.5) is 10.8 Å². The fourth-order valence-corrected chi connectivity index (χ4v) is 3.39. The minimum Gasteiger partial charge on any atom is -0.298 e. The second-order valence-corrected chi connectivity index (χ2v) is 6.57.